The number of aliphatic hydroxyl groups is 1. The van der Waals surface area contributed by atoms with Gasteiger partial charge in [-0.15, -0.1) is 0 Å². The molecule has 0 saturated heterocycles. The Morgan fingerprint density at radius 3 is 2.79 bits per heavy atom. The van der Waals surface area contributed by atoms with Gasteiger partial charge in [0.05, 0.1) is 23.7 Å². The highest BCUT2D eigenvalue weighted by molar-refractivity contribution is 5.23. The molecule has 1 N–H and O–H groups in total. The Balaban J connectivity index is 2.06. The fourth-order valence-corrected chi connectivity index (χ4v) is 2.16. The first-order valence-corrected chi connectivity index (χ1v) is 6.58. The summed E-state index contributed by atoms with van der Waals surface area (Å²) in [5.41, 5.74) is 3.76. The van der Waals surface area contributed by atoms with Crippen molar-refractivity contribution in [2.24, 2.45) is 7.05 Å². The van der Waals surface area contributed by atoms with E-state index >= 15 is 0 Å². The van der Waals surface area contributed by atoms with Crippen LogP contribution in [-0.4, -0.2) is 25.1 Å². The van der Waals surface area contributed by atoms with Crippen molar-refractivity contribution in [3.05, 3.63) is 41.0 Å². The molecular formula is C14H20N4O. The molecule has 102 valence electrons. The van der Waals surface area contributed by atoms with Crippen LogP contribution in [0, 0.1) is 6.92 Å². The van der Waals surface area contributed by atoms with E-state index in [4.69, 9.17) is 0 Å². The van der Waals surface area contributed by atoms with Gasteiger partial charge in [-0.3, -0.25) is 4.68 Å². The molecule has 2 heterocycles. The molecule has 2 aromatic rings. The lowest BCUT2D eigenvalue weighted by molar-refractivity contribution is 0.166. The first-order valence-electron chi connectivity index (χ1n) is 6.58. The second-order valence-electron chi connectivity index (χ2n) is 4.82. The van der Waals surface area contributed by atoms with E-state index in [0.29, 0.717) is 6.42 Å². The van der Waals surface area contributed by atoms with Crippen molar-refractivity contribution < 1.29 is 5.11 Å². The van der Waals surface area contributed by atoms with Crippen molar-refractivity contribution >= 4 is 0 Å². The van der Waals surface area contributed by atoms with Crippen LogP contribution >= 0.6 is 0 Å². The summed E-state index contributed by atoms with van der Waals surface area (Å²) in [5, 5.41) is 22.6. The minimum Gasteiger partial charge on any atom is -0.388 e. The van der Waals surface area contributed by atoms with Crippen LogP contribution in [0.25, 0.3) is 0 Å². The van der Waals surface area contributed by atoms with Gasteiger partial charge < -0.3 is 5.11 Å². The molecule has 5 nitrogen and oxygen atoms in total. The van der Waals surface area contributed by atoms with Crippen molar-refractivity contribution in [3.63, 3.8) is 0 Å². The normalized spacial score (nSPS) is 12.6. The number of nitrogens with zero attached hydrogens (tertiary/aromatic N) is 4. The minimum atomic E-state index is -0.496. The molecule has 0 spiro atoms. The number of aromatic nitrogens is 4. The van der Waals surface area contributed by atoms with Gasteiger partial charge in [-0.25, -0.2) is 0 Å². The summed E-state index contributed by atoms with van der Waals surface area (Å²) >= 11 is 0. The molecule has 19 heavy (non-hydrogen) atoms. The van der Waals surface area contributed by atoms with Gasteiger partial charge in [-0.2, -0.15) is 15.3 Å². The monoisotopic (exact) mass is 260 g/mol. The van der Waals surface area contributed by atoms with Gasteiger partial charge in [-0.1, -0.05) is 6.92 Å². The van der Waals surface area contributed by atoms with E-state index in [9.17, 15) is 5.11 Å². The van der Waals surface area contributed by atoms with E-state index < -0.39 is 6.10 Å². The maximum atomic E-state index is 10.3. The summed E-state index contributed by atoms with van der Waals surface area (Å²) in [6.45, 7) is 3.92. The Labute approximate surface area is 113 Å². The van der Waals surface area contributed by atoms with Gasteiger partial charge in [0.1, 0.15) is 0 Å². The molecule has 1 unspecified atom stereocenters. The molecule has 5 heteroatoms. The number of aryl methyl sites for hydroxylation is 4. The van der Waals surface area contributed by atoms with Crippen LogP contribution in [0.15, 0.2) is 18.5 Å². The summed E-state index contributed by atoms with van der Waals surface area (Å²) in [6, 6.07) is 1.93. The Morgan fingerprint density at radius 1 is 1.37 bits per heavy atom. The SMILES string of the molecule is CCc1nnc(C)cc1C(O)CCc1cnn(C)c1. The molecule has 0 amide bonds. The van der Waals surface area contributed by atoms with Crippen molar-refractivity contribution in [2.75, 3.05) is 0 Å². The lowest BCUT2D eigenvalue weighted by atomic mass is 10.0. The first kappa shape index (κ1) is 13.7. The average Bonchev–Trinajstić information content (AvgIpc) is 2.81. The van der Waals surface area contributed by atoms with E-state index in [0.717, 1.165) is 35.4 Å². The zero-order valence-corrected chi connectivity index (χ0v) is 11.7. The van der Waals surface area contributed by atoms with E-state index in [1.807, 2.05) is 39.4 Å². The van der Waals surface area contributed by atoms with E-state index in [2.05, 4.69) is 15.3 Å². The van der Waals surface area contributed by atoms with Gasteiger partial charge in [-0.05, 0) is 37.8 Å². The quantitative estimate of drug-likeness (QED) is 0.889. The van der Waals surface area contributed by atoms with Crippen molar-refractivity contribution in [2.45, 2.75) is 39.2 Å². The van der Waals surface area contributed by atoms with Crippen molar-refractivity contribution in [3.8, 4) is 0 Å². The minimum absolute atomic E-state index is 0.496. The van der Waals surface area contributed by atoms with Crippen LogP contribution in [0.3, 0.4) is 0 Å². The highest BCUT2D eigenvalue weighted by atomic mass is 16.3. The Bertz CT molecular complexity index is 550. The molecule has 0 aromatic carbocycles. The number of hydrogen-bond acceptors (Lipinski definition) is 4. The topological polar surface area (TPSA) is 63.8 Å². The Hall–Kier alpha value is -1.75. The number of aliphatic hydroxyl groups excluding tert-OH is 1. The van der Waals surface area contributed by atoms with Gasteiger partial charge in [0.15, 0.2) is 0 Å². The van der Waals surface area contributed by atoms with Crippen molar-refractivity contribution in [1.82, 2.24) is 20.0 Å². The molecule has 2 rings (SSSR count). The number of rotatable bonds is 5. The Morgan fingerprint density at radius 2 is 2.16 bits per heavy atom. The molecule has 0 aliphatic rings. The largest absolute Gasteiger partial charge is 0.388 e. The standard InChI is InChI=1S/C14H20N4O/c1-4-13-12(7-10(2)16-17-13)14(19)6-5-11-8-15-18(3)9-11/h7-9,14,19H,4-6H2,1-3H3. The molecule has 1 atom stereocenters. The van der Waals surface area contributed by atoms with Gasteiger partial charge in [0, 0.05) is 18.8 Å². The summed E-state index contributed by atoms with van der Waals surface area (Å²) in [7, 11) is 1.89. The van der Waals surface area contributed by atoms with Crippen LogP contribution in [0.1, 0.15) is 42.0 Å². The smallest absolute Gasteiger partial charge is 0.0812 e. The van der Waals surface area contributed by atoms with Crippen LogP contribution < -0.4 is 0 Å². The third-order valence-electron chi connectivity index (χ3n) is 3.18. The molecule has 0 fully saturated rings. The van der Waals surface area contributed by atoms with Crippen LogP contribution in [0.2, 0.25) is 0 Å². The fourth-order valence-electron chi connectivity index (χ4n) is 2.16. The average molecular weight is 260 g/mol. The predicted molar refractivity (Wildman–Crippen MR) is 72.6 cm³/mol. The molecule has 0 radical (unpaired) electrons. The van der Waals surface area contributed by atoms with Gasteiger partial charge >= 0.3 is 0 Å². The third-order valence-corrected chi connectivity index (χ3v) is 3.18. The highest BCUT2D eigenvalue weighted by Gasteiger charge is 2.14. The summed E-state index contributed by atoms with van der Waals surface area (Å²) in [6.07, 6.45) is 5.58. The number of hydrogen-bond donors (Lipinski definition) is 1. The third kappa shape index (κ3) is 3.38. The van der Waals surface area contributed by atoms with Crippen LogP contribution in [0.4, 0.5) is 0 Å². The molecule has 0 bridgehead atoms. The Kier molecular flexibility index (Phi) is 4.27. The zero-order valence-electron chi connectivity index (χ0n) is 11.7. The molecular weight excluding hydrogens is 240 g/mol. The molecule has 2 aromatic heterocycles. The second kappa shape index (κ2) is 5.93. The summed E-state index contributed by atoms with van der Waals surface area (Å²) < 4.78 is 1.78. The zero-order chi connectivity index (χ0) is 13.8. The van der Waals surface area contributed by atoms with Crippen LogP contribution in [-0.2, 0) is 19.9 Å². The lowest BCUT2D eigenvalue weighted by Crippen LogP contribution is -2.07. The summed E-state index contributed by atoms with van der Waals surface area (Å²) in [5.74, 6) is 0. The van der Waals surface area contributed by atoms with Gasteiger partial charge in [0.25, 0.3) is 0 Å². The van der Waals surface area contributed by atoms with Gasteiger partial charge in [0.2, 0.25) is 0 Å². The maximum absolute atomic E-state index is 10.3. The van der Waals surface area contributed by atoms with E-state index in [1.54, 1.807) is 4.68 Å². The lowest BCUT2D eigenvalue weighted by Gasteiger charge is -2.13. The highest BCUT2D eigenvalue weighted by Crippen LogP contribution is 2.22. The van der Waals surface area contributed by atoms with Crippen LogP contribution in [0.5, 0.6) is 0 Å². The fraction of sp³-hybridized carbons (Fsp3) is 0.500. The maximum Gasteiger partial charge on any atom is 0.0812 e. The van der Waals surface area contributed by atoms with E-state index in [1.165, 1.54) is 0 Å². The van der Waals surface area contributed by atoms with Crippen molar-refractivity contribution in [1.29, 1.82) is 0 Å². The first-order chi connectivity index (χ1) is 9.10. The molecule has 0 aliphatic carbocycles. The molecule has 0 aliphatic heterocycles. The van der Waals surface area contributed by atoms with E-state index in [-0.39, 0.29) is 0 Å². The predicted octanol–water partition coefficient (Wildman–Crippen LogP) is 1.75. The molecule has 0 saturated carbocycles. The second-order valence-corrected chi connectivity index (χ2v) is 4.82. The summed E-state index contributed by atoms with van der Waals surface area (Å²) in [4.78, 5) is 0.